The molecule has 6 heteroatoms. The van der Waals surface area contributed by atoms with E-state index in [9.17, 15) is 9.59 Å². The Bertz CT molecular complexity index is 851. The topological polar surface area (TPSA) is 59.0 Å². The molecule has 0 atom stereocenters. The number of carbonyl (C=O) groups is 2. The predicted octanol–water partition coefficient (Wildman–Crippen LogP) is 3.22. The van der Waals surface area contributed by atoms with Crippen molar-refractivity contribution in [3.8, 4) is 0 Å². The van der Waals surface area contributed by atoms with Crippen molar-refractivity contribution in [2.45, 2.75) is 12.8 Å². The smallest absolute Gasteiger partial charge is 0.363 e. The number of aliphatic imine (C=N–C) groups is 1. The summed E-state index contributed by atoms with van der Waals surface area (Å²) in [5.41, 5.74) is 2.80. The third-order valence-corrected chi connectivity index (χ3v) is 4.67. The van der Waals surface area contributed by atoms with Crippen LogP contribution < -0.4 is 4.90 Å². The molecular weight excluding hydrogens is 324 g/mol. The second-order valence-corrected chi connectivity index (χ2v) is 6.37. The van der Waals surface area contributed by atoms with Gasteiger partial charge in [-0.3, -0.25) is 4.79 Å². The van der Waals surface area contributed by atoms with E-state index in [1.54, 1.807) is 22.3 Å². The molecule has 24 heavy (non-hydrogen) atoms. The summed E-state index contributed by atoms with van der Waals surface area (Å²) in [6.45, 7) is 0.752. The molecule has 0 saturated carbocycles. The van der Waals surface area contributed by atoms with Crippen molar-refractivity contribution >= 4 is 40.9 Å². The average molecular weight is 338 g/mol. The molecule has 0 bridgehead atoms. The molecule has 1 fully saturated rings. The Balaban J connectivity index is 1.58. The van der Waals surface area contributed by atoms with E-state index in [1.807, 2.05) is 41.1 Å². The summed E-state index contributed by atoms with van der Waals surface area (Å²) in [4.78, 5) is 29.8. The highest BCUT2D eigenvalue weighted by molar-refractivity contribution is 7.08. The number of hydrogen-bond acceptors (Lipinski definition) is 5. The molecular formula is C18H14N2O3S. The summed E-state index contributed by atoms with van der Waals surface area (Å²) in [5.74, 6) is -0.0101. The van der Waals surface area contributed by atoms with Gasteiger partial charge in [-0.25, -0.2) is 9.79 Å². The highest BCUT2D eigenvalue weighted by atomic mass is 32.1. The molecule has 3 heterocycles. The molecule has 5 nitrogen and oxygen atoms in total. The van der Waals surface area contributed by atoms with Crippen molar-refractivity contribution in [1.82, 2.24) is 0 Å². The van der Waals surface area contributed by atoms with Crippen molar-refractivity contribution in [1.29, 1.82) is 0 Å². The first kappa shape index (κ1) is 14.8. The van der Waals surface area contributed by atoms with Crippen LogP contribution in [0.25, 0.3) is 6.08 Å². The first-order valence-corrected chi connectivity index (χ1v) is 8.60. The van der Waals surface area contributed by atoms with E-state index < -0.39 is 5.97 Å². The summed E-state index contributed by atoms with van der Waals surface area (Å²) in [7, 11) is 0. The van der Waals surface area contributed by atoms with Crippen LogP contribution >= 0.6 is 11.3 Å². The zero-order chi connectivity index (χ0) is 16.5. The highest BCUT2D eigenvalue weighted by Gasteiger charge is 2.25. The van der Waals surface area contributed by atoms with Crippen LogP contribution in [0.2, 0.25) is 0 Å². The minimum absolute atomic E-state index is 0.147. The van der Waals surface area contributed by atoms with Crippen molar-refractivity contribution in [3.63, 3.8) is 0 Å². The van der Waals surface area contributed by atoms with E-state index in [1.165, 1.54) is 0 Å². The lowest BCUT2D eigenvalue weighted by molar-refractivity contribution is -0.130. The number of hydrogen-bond donors (Lipinski definition) is 0. The van der Waals surface area contributed by atoms with Crippen LogP contribution in [0.5, 0.6) is 0 Å². The molecule has 2 aromatic rings. The van der Waals surface area contributed by atoms with Crippen LogP contribution in [0.15, 0.2) is 51.8 Å². The SMILES string of the molecule is O=C1OC(c2ccc(N3CCCC3=O)cc2)=N/C1=C\c1ccsc1. The number of amides is 1. The van der Waals surface area contributed by atoms with Gasteiger partial charge in [0.05, 0.1) is 0 Å². The van der Waals surface area contributed by atoms with E-state index >= 15 is 0 Å². The Morgan fingerprint density at radius 3 is 2.67 bits per heavy atom. The predicted molar refractivity (Wildman–Crippen MR) is 93.0 cm³/mol. The second kappa shape index (κ2) is 6.05. The van der Waals surface area contributed by atoms with Gasteiger partial charge in [0.25, 0.3) is 0 Å². The second-order valence-electron chi connectivity index (χ2n) is 5.59. The van der Waals surface area contributed by atoms with Crippen molar-refractivity contribution in [3.05, 3.63) is 57.9 Å². The van der Waals surface area contributed by atoms with Gasteiger partial charge < -0.3 is 9.64 Å². The zero-order valence-corrected chi connectivity index (χ0v) is 13.6. The molecule has 1 amide bonds. The molecule has 4 rings (SSSR count). The van der Waals surface area contributed by atoms with Crippen LogP contribution in [0.4, 0.5) is 5.69 Å². The van der Waals surface area contributed by atoms with Crippen molar-refractivity contribution in [2.24, 2.45) is 4.99 Å². The van der Waals surface area contributed by atoms with Crippen molar-refractivity contribution in [2.75, 3.05) is 11.4 Å². The Kier molecular flexibility index (Phi) is 3.74. The molecule has 1 aromatic heterocycles. The lowest BCUT2D eigenvalue weighted by Crippen LogP contribution is -2.23. The fraction of sp³-hybridized carbons (Fsp3) is 0.167. The number of cyclic esters (lactones) is 1. The molecule has 1 saturated heterocycles. The summed E-state index contributed by atoms with van der Waals surface area (Å²) < 4.78 is 5.26. The van der Waals surface area contributed by atoms with Gasteiger partial charge in [0.1, 0.15) is 0 Å². The van der Waals surface area contributed by atoms with E-state index in [0.29, 0.717) is 23.6 Å². The average Bonchev–Trinajstić information content (AvgIpc) is 3.31. The van der Waals surface area contributed by atoms with Gasteiger partial charge in [-0.1, -0.05) is 0 Å². The van der Waals surface area contributed by atoms with Gasteiger partial charge in [-0.05, 0) is 59.2 Å². The molecule has 2 aliphatic rings. The lowest BCUT2D eigenvalue weighted by atomic mass is 10.2. The van der Waals surface area contributed by atoms with Crippen LogP contribution in [0.3, 0.4) is 0 Å². The fourth-order valence-electron chi connectivity index (χ4n) is 2.75. The summed E-state index contributed by atoms with van der Waals surface area (Å²) in [6.07, 6.45) is 3.20. The van der Waals surface area contributed by atoms with Crippen LogP contribution in [0.1, 0.15) is 24.0 Å². The maximum atomic E-state index is 11.9. The molecule has 1 aromatic carbocycles. The van der Waals surface area contributed by atoms with Gasteiger partial charge in [0, 0.05) is 24.2 Å². The third kappa shape index (κ3) is 2.76. The van der Waals surface area contributed by atoms with Gasteiger partial charge in [0.2, 0.25) is 11.8 Å². The summed E-state index contributed by atoms with van der Waals surface area (Å²) >= 11 is 1.56. The van der Waals surface area contributed by atoms with E-state index in [-0.39, 0.29) is 5.91 Å². The number of benzene rings is 1. The molecule has 0 radical (unpaired) electrons. The monoisotopic (exact) mass is 338 g/mol. The number of anilines is 1. The Labute approximate surface area is 142 Å². The Morgan fingerprint density at radius 2 is 2.00 bits per heavy atom. The summed E-state index contributed by atoms with van der Waals surface area (Å²) in [6, 6.07) is 9.27. The van der Waals surface area contributed by atoms with E-state index in [2.05, 4.69) is 4.99 Å². The first-order valence-electron chi connectivity index (χ1n) is 7.66. The lowest BCUT2D eigenvalue weighted by Gasteiger charge is -2.15. The molecule has 2 aliphatic heterocycles. The van der Waals surface area contributed by atoms with Crippen molar-refractivity contribution < 1.29 is 14.3 Å². The van der Waals surface area contributed by atoms with Gasteiger partial charge >= 0.3 is 5.97 Å². The number of ether oxygens (including phenoxy) is 1. The molecule has 0 N–H and O–H groups in total. The van der Waals surface area contributed by atoms with E-state index in [4.69, 9.17) is 4.74 Å². The largest absolute Gasteiger partial charge is 0.402 e. The summed E-state index contributed by atoms with van der Waals surface area (Å²) in [5, 5.41) is 3.88. The van der Waals surface area contributed by atoms with Gasteiger partial charge in [0.15, 0.2) is 5.70 Å². The maximum absolute atomic E-state index is 11.9. The zero-order valence-electron chi connectivity index (χ0n) is 12.8. The fourth-order valence-corrected chi connectivity index (χ4v) is 3.37. The molecule has 0 aliphatic carbocycles. The normalized spacial score (nSPS) is 19.1. The molecule has 120 valence electrons. The highest BCUT2D eigenvalue weighted by Crippen LogP contribution is 2.24. The minimum atomic E-state index is -0.449. The van der Waals surface area contributed by atoms with Crippen LogP contribution in [-0.2, 0) is 14.3 Å². The number of carbonyl (C=O) groups excluding carboxylic acids is 2. The first-order chi connectivity index (χ1) is 11.7. The minimum Gasteiger partial charge on any atom is -0.402 e. The van der Waals surface area contributed by atoms with Gasteiger partial charge in [-0.15, -0.1) is 0 Å². The Hall–Kier alpha value is -2.73. The third-order valence-electron chi connectivity index (χ3n) is 3.97. The van der Waals surface area contributed by atoms with Gasteiger partial charge in [-0.2, -0.15) is 11.3 Å². The maximum Gasteiger partial charge on any atom is 0.363 e. The molecule has 0 spiro atoms. The quantitative estimate of drug-likeness (QED) is 0.638. The van der Waals surface area contributed by atoms with Crippen LogP contribution in [-0.4, -0.2) is 24.3 Å². The molecule has 0 unspecified atom stereocenters. The number of esters is 1. The number of thiophene rings is 1. The van der Waals surface area contributed by atoms with Crippen LogP contribution in [0, 0.1) is 0 Å². The standard InChI is InChI=1S/C18H14N2O3S/c21-16-2-1-8-20(16)14-5-3-13(4-6-14)17-19-15(18(22)23-17)10-12-7-9-24-11-12/h3-7,9-11H,1-2,8H2/b15-10-. The number of nitrogens with zero attached hydrogens (tertiary/aromatic N) is 2. The number of rotatable bonds is 3. The van der Waals surface area contributed by atoms with E-state index in [0.717, 1.165) is 24.2 Å². The Morgan fingerprint density at radius 1 is 1.17 bits per heavy atom.